The lowest BCUT2D eigenvalue weighted by Crippen LogP contribution is -2.61. The molecule has 204 valence electrons. The van der Waals surface area contributed by atoms with E-state index in [1.54, 1.807) is 14.0 Å². The molecule has 2 aliphatic carbocycles. The van der Waals surface area contributed by atoms with E-state index >= 15 is 0 Å². The number of amides is 1. The molecule has 7 nitrogen and oxygen atoms in total. The van der Waals surface area contributed by atoms with Crippen molar-refractivity contribution in [1.29, 1.82) is 0 Å². The molecule has 5 rings (SSSR count). The van der Waals surface area contributed by atoms with E-state index < -0.39 is 35.2 Å². The van der Waals surface area contributed by atoms with Gasteiger partial charge in [-0.25, -0.2) is 8.78 Å². The lowest BCUT2D eigenvalue weighted by Gasteiger charge is -2.44. The second-order valence-electron chi connectivity index (χ2n) is 10.5. The molecule has 1 aliphatic heterocycles. The van der Waals surface area contributed by atoms with Crippen molar-refractivity contribution in [3.63, 3.8) is 0 Å². The van der Waals surface area contributed by atoms with Gasteiger partial charge in [0.25, 0.3) is 0 Å². The fraction of sp³-hybridized carbons (Fsp3) is 0.517. The predicted octanol–water partition coefficient (Wildman–Crippen LogP) is 5.15. The molecule has 2 saturated carbocycles. The minimum absolute atomic E-state index is 0.0342. The summed E-state index contributed by atoms with van der Waals surface area (Å²) in [6.07, 6.45) is 4.73. The Morgan fingerprint density at radius 3 is 2.26 bits per heavy atom. The fourth-order valence-corrected chi connectivity index (χ4v) is 6.27. The molecule has 0 spiro atoms. The van der Waals surface area contributed by atoms with Gasteiger partial charge in [-0.1, -0.05) is 49.6 Å². The van der Waals surface area contributed by atoms with Gasteiger partial charge in [0.2, 0.25) is 5.91 Å². The number of benzene rings is 2. The summed E-state index contributed by atoms with van der Waals surface area (Å²) in [4.78, 5) is 26.9. The van der Waals surface area contributed by atoms with Crippen LogP contribution in [0, 0.1) is 29.4 Å². The molecule has 1 heterocycles. The Morgan fingerprint density at radius 1 is 1.05 bits per heavy atom. The second kappa shape index (κ2) is 10.9. The zero-order chi connectivity index (χ0) is 26.9. The first-order chi connectivity index (χ1) is 18.4. The molecule has 38 heavy (non-hydrogen) atoms. The summed E-state index contributed by atoms with van der Waals surface area (Å²) >= 11 is 0. The van der Waals surface area contributed by atoms with Gasteiger partial charge in [-0.15, -0.1) is 0 Å². The number of carbonyl (C=O) groups is 2. The third-order valence-corrected chi connectivity index (χ3v) is 8.08. The summed E-state index contributed by atoms with van der Waals surface area (Å²) < 4.78 is 40.0. The van der Waals surface area contributed by atoms with Crippen LogP contribution in [0.4, 0.5) is 20.2 Å². The van der Waals surface area contributed by atoms with Crippen LogP contribution in [0.25, 0.3) is 0 Å². The van der Waals surface area contributed by atoms with Crippen molar-refractivity contribution in [2.45, 2.75) is 63.3 Å². The van der Waals surface area contributed by atoms with Crippen molar-refractivity contribution in [2.75, 3.05) is 24.4 Å². The fourth-order valence-electron chi connectivity index (χ4n) is 6.27. The van der Waals surface area contributed by atoms with Crippen LogP contribution in [0.5, 0.6) is 0 Å². The van der Waals surface area contributed by atoms with Crippen molar-refractivity contribution in [3.8, 4) is 0 Å². The van der Waals surface area contributed by atoms with Crippen LogP contribution < -0.4 is 16.0 Å². The average molecular weight is 528 g/mol. The molecule has 0 saturated heterocycles. The number of ether oxygens (including phenoxy) is 2. The van der Waals surface area contributed by atoms with Crippen LogP contribution in [0.1, 0.15) is 57.1 Å². The molecule has 9 heteroatoms. The lowest BCUT2D eigenvalue weighted by atomic mass is 9.79. The van der Waals surface area contributed by atoms with Crippen LogP contribution in [0.3, 0.4) is 0 Å². The van der Waals surface area contributed by atoms with E-state index in [-0.39, 0.29) is 30.4 Å². The minimum atomic E-state index is -1.33. The Hall–Kier alpha value is -3.20. The predicted molar refractivity (Wildman–Crippen MR) is 139 cm³/mol. The Bertz CT molecular complexity index is 1140. The van der Waals surface area contributed by atoms with Crippen LogP contribution in [-0.4, -0.2) is 37.3 Å². The third-order valence-electron chi connectivity index (χ3n) is 8.08. The third kappa shape index (κ3) is 4.96. The first kappa shape index (κ1) is 26.4. The lowest BCUT2D eigenvalue weighted by molar-refractivity contribution is -0.145. The number of esters is 1. The standard InChI is InChI=1S/C29H35F2N3O4/c1-3-38-28(36)20-14-19(20)25(27(35)32-18-12-8-5-9-13-18)29(26(37-2)17-10-6-4-7-11-17)33-23-15-21(30)22(31)16-24(23)34-29/h4,6-7,10-11,15-16,18-20,25-26,33-34H,3,5,8-9,12-14H2,1-2H3,(H,32,35). The van der Waals surface area contributed by atoms with E-state index in [1.807, 2.05) is 30.3 Å². The highest BCUT2D eigenvalue weighted by atomic mass is 19.2. The number of halogens is 2. The van der Waals surface area contributed by atoms with E-state index in [2.05, 4.69) is 16.0 Å². The number of nitrogens with one attached hydrogen (secondary N) is 3. The molecule has 3 N–H and O–H groups in total. The molecular formula is C29H35F2N3O4. The Morgan fingerprint density at radius 2 is 1.68 bits per heavy atom. The van der Waals surface area contributed by atoms with Gasteiger partial charge in [-0.3, -0.25) is 9.59 Å². The molecule has 0 radical (unpaired) electrons. The van der Waals surface area contributed by atoms with Crippen molar-refractivity contribution in [2.24, 2.45) is 17.8 Å². The zero-order valence-electron chi connectivity index (χ0n) is 21.8. The highest BCUT2D eigenvalue weighted by Crippen LogP contribution is 2.56. The van der Waals surface area contributed by atoms with E-state index in [4.69, 9.17) is 9.47 Å². The summed E-state index contributed by atoms with van der Waals surface area (Å²) in [5.74, 6) is -4.19. The van der Waals surface area contributed by atoms with E-state index in [9.17, 15) is 18.4 Å². The molecule has 4 atom stereocenters. The molecule has 0 bridgehead atoms. The summed E-state index contributed by atoms with van der Waals surface area (Å²) in [7, 11) is 1.54. The average Bonchev–Trinajstić information content (AvgIpc) is 3.61. The summed E-state index contributed by atoms with van der Waals surface area (Å²) in [6.45, 7) is 2.00. The highest BCUT2D eigenvalue weighted by molar-refractivity contribution is 5.88. The van der Waals surface area contributed by atoms with Gasteiger partial charge in [-0.2, -0.15) is 0 Å². The van der Waals surface area contributed by atoms with E-state index in [0.29, 0.717) is 17.8 Å². The number of hydrogen-bond acceptors (Lipinski definition) is 6. The van der Waals surface area contributed by atoms with Crippen LogP contribution in [0.15, 0.2) is 42.5 Å². The van der Waals surface area contributed by atoms with Crippen LogP contribution in [0.2, 0.25) is 0 Å². The molecule has 4 unspecified atom stereocenters. The van der Waals surface area contributed by atoms with Gasteiger partial charge in [-0.05, 0) is 37.7 Å². The minimum Gasteiger partial charge on any atom is -0.466 e. The topological polar surface area (TPSA) is 88.7 Å². The molecular weight excluding hydrogens is 492 g/mol. The van der Waals surface area contributed by atoms with E-state index in [0.717, 1.165) is 49.8 Å². The normalized spacial score (nSPS) is 23.4. The summed E-state index contributed by atoms with van der Waals surface area (Å²) in [6, 6.07) is 11.6. The number of fused-ring (bicyclic) bond motifs is 1. The van der Waals surface area contributed by atoms with Crippen molar-refractivity contribution < 1.29 is 27.8 Å². The number of hydrogen-bond donors (Lipinski definition) is 3. The Labute approximate surface area is 221 Å². The second-order valence-corrected chi connectivity index (χ2v) is 10.5. The molecule has 2 aromatic rings. The van der Waals surface area contributed by atoms with Gasteiger partial charge in [0.05, 0.1) is 29.8 Å². The number of methoxy groups -OCH3 is 1. The number of rotatable bonds is 9. The van der Waals surface area contributed by atoms with Crippen LogP contribution in [-0.2, 0) is 19.1 Å². The first-order valence-corrected chi connectivity index (χ1v) is 13.5. The van der Waals surface area contributed by atoms with Crippen LogP contribution >= 0.6 is 0 Å². The zero-order valence-corrected chi connectivity index (χ0v) is 21.8. The summed E-state index contributed by atoms with van der Waals surface area (Å²) in [5.41, 5.74) is 0.0903. The van der Waals surface area contributed by atoms with Gasteiger partial charge in [0.1, 0.15) is 6.10 Å². The first-order valence-electron chi connectivity index (χ1n) is 13.5. The van der Waals surface area contributed by atoms with Gasteiger partial charge in [0.15, 0.2) is 17.3 Å². The van der Waals surface area contributed by atoms with Gasteiger partial charge in [0, 0.05) is 25.3 Å². The quantitative estimate of drug-likeness (QED) is 0.391. The van der Waals surface area contributed by atoms with Crippen molar-refractivity contribution in [1.82, 2.24) is 5.32 Å². The smallest absolute Gasteiger partial charge is 0.309 e. The van der Waals surface area contributed by atoms with Crippen molar-refractivity contribution in [3.05, 3.63) is 59.7 Å². The largest absolute Gasteiger partial charge is 0.466 e. The Kier molecular flexibility index (Phi) is 7.56. The molecule has 2 fully saturated rings. The number of anilines is 2. The van der Waals surface area contributed by atoms with Crippen molar-refractivity contribution >= 4 is 23.3 Å². The SMILES string of the molecule is CCOC(=O)C1CC1C(C(=O)NC1CCCCC1)C1(C(OC)c2ccccc2)Nc2cc(F)c(F)cc2N1. The maximum Gasteiger partial charge on any atom is 0.309 e. The molecule has 2 aromatic carbocycles. The molecule has 1 amide bonds. The van der Waals surface area contributed by atoms with Gasteiger partial charge < -0.3 is 25.4 Å². The maximum absolute atomic E-state index is 14.3. The van der Waals surface area contributed by atoms with E-state index in [1.165, 1.54) is 0 Å². The monoisotopic (exact) mass is 527 g/mol. The molecule has 0 aromatic heterocycles. The van der Waals surface area contributed by atoms with Gasteiger partial charge >= 0.3 is 5.97 Å². The maximum atomic E-state index is 14.3. The molecule has 3 aliphatic rings. The highest BCUT2D eigenvalue weighted by Gasteiger charge is 2.63. The summed E-state index contributed by atoms with van der Waals surface area (Å²) in [5, 5.41) is 9.92. The number of carbonyl (C=O) groups excluding carboxylic acids is 2. The Balaban J connectivity index is 1.59.